The molecule has 0 spiro atoms. The highest BCUT2D eigenvalue weighted by molar-refractivity contribution is 7.91. The second-order valence-corrected chi connectivity index (χ2v) is 12.0. The predicted octanol–water partition coefficient (Wildman–Crippen LogP) is 5.62. The fourth-order valence-electron chi connectivity index (χ4n) is 4.42. The molecule has 2 aromatic carbocycles. The average molecular weight is 602 g/mol. The molecule has 1 atom stereocenters. The average Bonchev–Trinajstić information content (AvgIpc) is 3.05. The molecule has 2 heterocycles. The number of sulfone groups is 1. The monoisotopic (exact) mass is 601 g/mol. The Balaban J connectivity index is 1.46. The number of nitrogens with zero attached hydrogens (tertiary/aromatic N) is 2. The van der Waals surface area contributed by atoms with Crippen molar-refractivity contribution in [1.29, 1.82) is 0 Å². The number of hydrogen-bond acceptors (Lipinski definition) is 6. The van der Waals surface area contributed by atoms with Gasteiger partial charge in [-0.2, -0.15) is 13.2 Å². The summed E-state index contributed by atoms with van der Waals surface area (Å²) in [6, 6.07) is 12.2. The van der Waals surface area contributed by atoms with Crippen LogP contribution >= 0.6 is 23.2 Å². The number of benzene rings is 2. The lowest BCUT2D eigenvalue weighted by atomic mass is 10.1. The van der Waals surface area contributed by atoms with Gasteiger partial charge in [0.05, 0.1) is 16.8 Å². The third kappa shape index (κ3) is 7.02. The van der Waals surface area contributed by atoms with E-state index in [1.54, 1.807) is 24.4 Å². The SMILES string of the molecule is O=C1C(CC(F)(F)F)=CC(O)(CS(=O)(=O)c2ccc(Cl)cc2)N1CCCCNc1ccnc2cc(Cl)ccc12. The largest absolute Gasteiger partial charge is 0.393 e. The number of anilines is 1. The maximum absolute atomic E-state index is 13.1. The predicted molar refractivity (Wildman–Crippen MR) is 143 cm³/mol. The summed E-state index contributed by atoms with van der Waals surface area (Å²) in [6.07, 6.45) is -3.21. The van der Waals surface area contributed by atoms with Crippen LogP contribution in [-0.2, 0) is 14.6 Å². The fourth-order valence-corrected chi connectivity index (χ4v) is 6.23. The highest BCUT2D eigenvalue weighted by Crippen LogP contribution is 2.36. The number of aromatic nitrogens is 1. The van der Waals surface area contributed by atoms with E-state index < -0.39 is 45.4 Å². The summed E-state index contributed by atoms with van der Waals surface area (Å²) in [4.78, 5) is 17.8. The molecular weight excluding hydrogens is 578 g/mol. The van der Waals surface area contributed by atoms with Gasteiger partial charge in [-0.1, -0.05) is 23.2 Å². The smallest absolute Gasteiger partial charge is 0.384 e. The highest BCUT2D eigenvalue weighted by Gasteiger charge is 2.48. The lowest BCUT2D eigenvalue weighted by Gasteiger charge is -2.33. The maximum Gasteiger partial charge on any atom is 0.393 e. The van der Waals surface area contributed by atoms with Crippen LogP contribution < -0.4 is 5.32 Å². The van der Waals surface area contributed by atoms with Crippen LogP contribution in [-0.4, -0.2) is 60.1 Å². The van der Waals surface area contributed by atoms with Crippen molar-refractivity contribution in [3.8, 4) is 0 Å². The standard InChI is InChI=1S/C26H24Cl2F3N3O4S/c27-18-3-6-20(7-4-18)39(37,38)16-25(36)14-17(15-26(29,30)31)24(35)34(25)12-2-1-10-32-22-9-11-33-23-13-19(28)5-8-21(22)23/h3-9,11,13-14,36H,1-2,10,12,15-16H2,(H,32,33). The molecule has 1 unspecified atom stereocenters. The van der Waals surface area contributed by atoms with Crippen molar-refractivity contribution in [3.63, 3.8) is 0 Å². The van der Waals surface area contributed by atoms with Crippen molar-refractivity contribution < 1.29 is 31.5 Å². The first kappa shape index (κ1) is 29.1. The minimum atomic E-state index is -4.71. The van der Waals surface area contributed by atoms with Gasteiger partial charge in [-0.25, -0.2) is 8.42 Å². The molecule has 1 aliphatic rings. The van der Waals surface area contributed by atoms with Crippen molar-refractivity contribution in [1.82, 2.24) is 9.88 Å². The van der Waals surface area contributed by atoms with Gasteiger partial charge in [0.1, 0.15) is 5.75 Å². The van der Waals surface area contributed by atoms with Gasteiger partial charge in [-0.15, -0.1) is 0 Å². The Hall–Kier alpha value is -2.86. The van der Waals surface area contributed by atoms with Crippen molar-refractivity contribution in [2.45, 2.75) is 36.1 Å². The van der Waals surface area contributed by atoms with Crippen molar-refractivity contribution >= 4 is 55.5 Å². The topological polar surface area (TPSA) is 99.6 Å². The Bertz CT molecular complexity index is 1520. The van der Waals surface area contributed by atoms with Gasteiger partial charge in [-0.05, 0) is 67.4 Å². The van der Waals surface area contributed by atoms with Gasteiger partial charge in [0.2, 0.25) is 0 Å². The van der Waals surface area contributed by atoms with Crippen molar-refractivity contribution in [3.05, 3.63) is 76.4 Å². The third-order valence-electron chi connectivity index (χ3n) is 6.19. The number of alkyl halides is 3. The summed E-state index contributed by atoms with van der Waals surface area (Å²) in [5.41, 5.74) is -1.64. The van der Waals surface area contributed by atoms with Crippen LogP contribution in [0.25, 0.3) is 10.9 Å². The van der Waals surface area contributed by atoms with E-state index in [9.17, 15) is 31.5 Å². The number of halogens is 5. The molecule has 1 aromatic heterocycles. The third-order valence-corrected chi connectivity index (χ3v) is 8.47. The highest BCUT2D eigenvalue weighted by atomic mass is 35.5. The van der Waals surface area contributed by atoms with E-state index in [-0.39, 0.29) is 22.9 Å². The molecular formula is C26H24Cl2F3N3O4S. The van der Waals surface area contributed by atoms with E-state index in [1.807, 2.05) is 6.07 Å². The van der Waals surface area contributed by atoms with Gasteiger partial charge in [0.25, 0.3) is 5.91 Å². The number of hydrogen-bond donors (Lipinski definition) is 2. The number of fused-ring (bicyclic) bond motifs is 1. The Morgan fingerprint density at radius 3 is 2.41 bits per heavy atom. The van der Waals surface area contributed by atoms with Crippen molar-refractivity contribution in [2.75, 3.05) is 24.2 Å². The molecule has 39 heavy (non-hydrogen) atoms. The zero-order valence-electron chi connectivity index (χ0n) is 20.4. The second-order valence-electron chi connectivity index (χ2n) is 9.16. The molecule has 0 aliphatic carbocycles. The van der Waals surface area contributed by atoms with E-state index in [2.05, 4.69) is 10.3 Å². The zero-order valence-corrected chi connectivity index (χ0v) is 22.7. The van der Waals surface area contributed by atoms with Crippen LogP contribution in [0.5, 0.6) is 0 Å². The van der Waals surface area contributed by atoms with Crippen LogP contribution in [0.1, 0.15) is 19.3 Å². The van der Waals surface area contributed by atoms with E-state index in [4.69, 9.17) is 23.2 Å². The first-order chi connectivity index (χ1) is 18.3. The molecule has 13 heteroatoms. The van der Waals surface area contributed by atoms with Crippen LogP contribution in [0.3, 0.4) is 0 Å². The molecule has 208 valence electrons. The summed E-state index contributed by atoms with van der Waals surface area (Å²) >= 11 is 11.8. The quantitative estimate of drug-likeness (QED) is 0.293. The first-order valence-corrected chi connectivity index (χ1v) is 14.3. The van der Waals surface area contributed by atoms with Gasteiger partial charge < -0.3 is 15.3 Å². The van der Waals surface area contributed by atoms with Gasteiger partial charge in [0.15, 0.2) is 15.6 Å². The molecule has 0 bridgehead atoms. The molecule has 4 rings (SSSR count). The fraction of sp³-hybridized carbons (Fsp3) is 0.308. The minimum absolute atomic E-state index is 0.155. The number of aliphatic hydroxyl groups is 1. The number of carbonyl (C=O) groups is 1. The van der Waals surface area contributed by atoms with Crippen LogP contribution in [0.15, 0.2) is 71.3 Å². The summed E-state index contributed by atoms with van der Waals surface area (Å²) < 4.78 is 65.3. The number of pyridine rings is 1. The number of nitrogens with one attached hydrogen (secondary N) is 1. The Morgan fingerprint density at radius 1 is 1.03 bits per heavy atom. The van der Waals surface area contributed by atoms with Gasteiger partial charge >= 0.3 is 6.18 Å². The molecule has 2 N–H and O–H groups in total. The van der Waals surface area contributed by atoms with Crippen LogP contribution in [0.4, 0.5) is 18.9 Å². The van der Waals surface area contributed by atoms with Gasteiger partial charge in [-0.3, -0.25) is 9.78 Å². The van der Waals surface area contributed by atoms with Crippen molar-refractivity contribution in [2.24, 2.45) is 0 Å². The molecule has 0 saturated heterocycles. The molecule has 3 aromatic rings. The van der Waals surface area contributed by atoms with Crippen LogP contribution in [0, 0.1) is 0 Å². The number of unbranched alkanes of at least 4 members (excludes halogenated alkanes) is 1. The second kappa shape index (κ2) is 11.3. The molecule has 0 radical (unpaired) electrons. The van der Waals surface area contributed by atoms with E-state index in [1.165, 1.54) is 24.3 Å². The molecule has 7 nitrogen and oxygen atoms in total. The summed E-state index contributed by atoms with van der Waals surface area (Å²) in [5, 5.41) is 16.2. The Kier molecular flexibility index (Phi) is 8.46. The summed E-state index contributed by atoms with van der Waals surface area (Å²) in [7, 11) is -4.19. The molecule has 1 amide bonds. The molecule has 0 saturated carbocycles. The Morgan fingerprint density at radius 2 is 1.72 bits per heavy atom. The van der Waals surface area contributed by atoms with Crippen LogP contribution in [0.2, 0.25) is 10.0 Å². The van der Waals surface area contributed by atoms with Gasteiger partial charge in [0, 0.05) is 46.0 Å². The lowest BCUT2D eigenvalue weighted by molar-refractivity contribution is -0.145. The van der Waals surface area contributed by atoms with E-state index >= 15 is 0 Å². The maximum atomic E-state index is 13.1. The summed E-state index contributed by atoms with van der Waals surface area (Å²) in [6.45, 7) is 0.284. The molecule has 1 aliphatic heterocycles. The normalized spacial score (nSPS) is 18.1. The number of carbonyl (C=O) groups excluding carboxylic acids is 1. The zero-order chi connectivity index (χ0) is 28.4. The van der Waals surface area contributed by atoms with E-state index in [0.717, 1.165) is 16.0 Å². The first-order valence-electron chi connectivity index (χ1n) is 11.9. The summed E-state index contributed by atoms with van der Waals surface area (Å²) in [5.74, 6) is -2.05. The molecule has 0 fully saturated rings. The number of amides is 1. The van der Waals surface area contributed by atoms with E-state index in [0.29, 0.717) is 29.6 Å². The number of rotatable bonds is 10. The Labute approximate surface area is 233 Å². The minimum Gasteiger partial charge on any atom is -0.384 e. The lowest BCUT2D eigenvalue weighted by Crippen LogP contribution is -2.51.